The van der Waals surface area contributed by atoms with Gasteiger partial charge in [0, 0.05) is 23.8 Å². The minimum absolute atomic E-state index is 0.177. The van der Waals surface area contributed by atoms with Crippen LogP contribution in [0.2, 0.25) is 0 Å². The molecule has 3 heteroatoms. The Morgan fingerprint density at radius 3 is 2.06 bits per heavy atom. The van der Waals surface area contributed by atoms with E-state index in [1.807, 2.05) is 48.3 Å². The van der Waals surface area contributed by atoms with Crippen molar-refractivity contribution < 1.29 is 13.5 Å². The molecule has 0 aliphatic carbocycles. The van der Waals surface area contributed by atoms with Crippen LogP contribution in [0, 0.1) is 5.82 Å². The van der Waals surface area contributed by atoms with Crippen LogP contribution in [0.5, 0.6) is 0 Å². The van der Waals surface area contributed by atoms with Crippen LogP contribution in [0.15, 0.2) is 43.0 Å². The van der Waals surface area contributed by atoms with E-state index in [2.05, 4.69) is 11.5 Å². The number of aromatic nitrogens is 2. The van der Waals surface area contributed by atoms with Crippen LogP contribution in [-0.2, 0) is 13.1 Å². The highest BCUT2D eigenvalue weighted by Crippen LogP contribution is 2.19. The Morgan fingerprint density at radius 2 is 1.53 bits per heavy atom. The average molecular weight is 232 g/mol. The van der Waals surface area contributed by atoms with Gasteiger partial charge in [-0.1, -0.05) is 0 Å². The highest BCUT2D eigenvalue weighted by molar-refractivity contribution is 5.61. The van der Waals surface area contributed by atoms with Crippen LogP contribution < -0.4 is 9.13 Å². The summed E-state index contributed by atoms with van der Waals surface area (Å²) in [6.07, 6.45) is 7.38. The van der Waals surface area contributed by atoms with Gasteiger partial charge in [-0.25, -0.2) is 9.13 Å². The van der Waals surface area contributed by atoms with Crippen molar-refractivity contribution in [1.29, 1.82) is 0 Å². The minimum atomic E-state index is -0.177. The first kappa shape index (κ1) is 11.7. The Balaban J connectivity index is 2.38. The summed E-state index contributed by atoms with van der Waals surface area (Å²) in [6.45, 7) is 5.77. The van der Waals surface area contributed by atoms with Crippen molar-refractivity contribution in [3.8, 4) is 11.1 Å². The van der Waals surface area contributed by atoms with E-state index in [0.717, 1.165) is 18.7 Å². The molecule has 0 aromatic carbocycles. The SMILES string of the molecule is CC[n+]1ccc(-c2cc[n+](CC)cc2F)cc1. The Morgan fingerprint density at radius 1 is 0.941 bits per heavy atom. The first-order valence-corrected chi connectivity index (χ1v) is 5.92. The van der Waals surface area contributed by atoms with E-state index in [1.54, 1.807) is 0 Å². The number of pyridine rings is 2. The fraction of sp³-hybridized carbons (Fsp3) is 0.286. The topological polar surface area (TPSA) is 7.76 Å². The Hall–Kier alpha value is -1.77. The molecule has 0 saturated heterocycles. The fourth-order valence-corrected chi connectivity index (χ4v) is 1.79. The summed E-state index contributed by atoms with van der Waals surface area (Å²) < 4.78 is 17.8. The molecule has 0 amide bonds. The van der Waals surface area contributed by atoms with Crippen LogP contribution in [0.4, 0.5) is 4.39 Å². The van der Waals surface area contributed by atoms with Gasteiger partial charge in [0.2, 0.25) is 6.20 Å². The molecule has 0 radical (unpaired) electrons. The molecule has 0 spiro atoms. The zero-order valence-corrected chi connectivity index (χ0v) is 10.2. The zero-order chi connectivity index (χ0) is 12.3. The second kappa shape index (κ2) is 5.04. The van der Waals surface area contributed by atoms with E-state index in [9.17, 15) is 4.39 Å². The van der Waals surface area contributed by atoms with Crippen LogP contribution in [0.25, 0.3) is 11.1 Å². The zero-order valence-electron chi connectivity index (χ0n) is 10.2. The monoisotopic (exact) mass is 232 g/mol. The van der Waals surface area contributed by atoms with Gasteiger partial charge in [0.15, 0.2) is 24.4 Å². The maximum Gasteiger partial charge on any atom is 0.205 e. The van der Waals surface area contributed by atoms with Crippen molar-refractivity contribution in [1.82, 2.24) is 0 Å². The van der Waals surface area contributed by atoms with Gasteiger partial charge in [0.05, 0.1) is 0 Å². The highest BCUT2D eigenvalue weighted by Gasteiger charge is 2.10. The van der Waals surface area contributed by atoms with E-state index < -0.39 is 0 Å². The van der Waals surface area contributed by atoms with Crippen LogP contribution in [0.1, 0.15) is 13.8 Å². The number of hydrogen-bond donors (Lipinski definition) is 0. The van der Waals surface area contributed by atoms with Crippen LogP contribution >= 0.6 is 0 Å². The molecule has 0 saturated carbocycles. The van der Waals surface area contributed by atoms with E-state index in [1.165, 1.54) is 6.20 Å². The molecule has 2 aromatic rings. The summed E-state index contributed by atoms with van der Waals surface area (Å²) in [5.74, 6) is -0.177. The van der Waals surface area contributed by atoms with E-state index in [4.69, 9.17) is 0 Å². The van der Waals surface area contributed by atoms with Gasteiger partial charge in [-0.3, -0.25) is 0 Å². The minimum Gasteiger partial charge on any atom is -0.205 e. The summed E-state index contributed by atoms with van der Waals surface area (Å²) in [5.41, 5.74) is 1.56. The lowest BCUT2D eigenvalue weighted by atomic mass is 10.1. The fourth-order valence-electron chi connectivity index (χ4n) is 1.79. The van der Waals surface area contributed by atoms with Gasteiger partial charge in [-0.15, -0.1) is 0 Å². The summed E-state index contributed by atoms with van der Waals surface area (Å²) in [6, 6.07) is 5.71. The standard InChI is InChI=1S/C14H17FN2/c1-3-16-8-5-12(6-9-16)13-7-10-17(4-2)11-14(13)15/h5-11H,3-4H2,1-2H3/q+2. The maximum absolute atomic E-state index is 13.9. The number of hydrogen-bond acceptors (Lipinski definition) is 0. The predicted molar refractivity (Wildman–Crippen MR) is 63.6 cm³/mol. The summed E-state index contributed by atoms with van der Waals surface area (Å²) in [5, 5.41) is 0. The third-order valence-corrected chi connectivity index (χ3v) is 2.90. The van der Waals surface area contributed by atoms with E-state index in [0.29, 0.717) is 5.56 Å². The van der Waals surface area contributed by atoms with Crippen molar-refractivity contribution >= 4 is 0 Å². The van der Waals surface area contributed by atoms with Crippen LogP contribution in [0.3, 0.4) is 0 Å². The number of halogens is 1. The first-order chi connectivity index (χ1) is 8.24. The van der Waals surface area contributed by atoms with Crippen molar-refractivity contribution in [2.75, 3.05) is 0 Å². The van der Waals surface area contributed by atoms with Gasteiger partial charge < -0.3 is 0 Å². The molecule has 2 rings (SSSR count). The third-order valence-electron chi connectivity index (χ3n) is 2.90. The van der Waals surface area contributed by atoms with Crippen molar-refractivity contribution in [2.45, 2.75) is 26.9 Å². The van der Waals surface area contributed by atoms with Crippen molar-refractivity contribution in [3.05, 3.63) is 48.8 Å². The molecule has 0 unspecified atom stereocenters. The molecule has 2 heterocycles. The van der Waals surface area contributed by atoms with Gasteiger partial charge in [0.1, 0.15) is 13.1 Å². The number of aryl methyl sites for hydroxylation is 2. The molecule has 0 aliphatic rings. The summed E-state index contributed by atoms with van der Waals surface area (Å²) >= 11 is 0. The quantitative estimate of drug-likeness (QED) is 0.716. The molecule has 0 fully saturated rings. The smallest absolute Gasteiger partial charge is 0.205 e. The molecule has 0 N–H and O–H groups in total. The Kier molecular flexibility index (Phi) is 3.47. The maximum atomic E-state index is 13.9. The number of rotatable bonds is 3. The lowest BCUT2D eigenvalue weighted by Gasteiger charge is -2.01. The molecule has 0 bridgehead atoms. The molecule has 88 valence electrons. The lowest BCUT2D eigenvalue weighted by molar-refractivity contribution is -0.695. The van der Waals surface area contributed by atoms with E-state index in [-0.39, 0.29) is 5.82 Å². The Bertz CT molecular complexity index is 506. The van der Waals surface area contributed by atoms with Gasteiger partial charge in [-0.2, -0.15) is 4.39 Å². The second-order valence-corrected chi connectivity index (χ2v) is 3.95. The Labute approximate surface area is 101 Å². The molecule has 0 atom stereocenters. The molecular weight excluding hydrogens is 215 g/mol. The van der Waals surface area contributed by atoms with Crippen molar-refractivity contribution in [3.63, 3.8) is 0 Å². The number of nitrogens with zero attached hydrogens (tertiary/aromatic N) is 2. The average Bonchev–Trinajstić information content (AvgIpc) is 2.39. The largest absolute Gasteiger partial charge is 0.205 e. The third kappa shape index (κ3) is 2.49. The normalized spacial score (nSPS) is 10.5. The molecule has 17 heavy (non-hydrogen) atoms. The van der Waals surface area contributed by atoms with Crippen molar-refractivity contribution in [2.24, 2.45) is 0 Å². The predicted octanol–water partition coefficient (Wildman–Crippen LogP) is 2.11. The molecule has 2 nitrogen and oxygen atoms in total. The summed E-state index contributed by atoms with van der Waals surface area (Å²) in [7, 11) is 0. The first-order valence-electron chi connectivity index (χ1n) is 5.92. The second-order valence-electron chi connectivity index (χ2n) is 3.95. The van der Waals surface area contributed by atoms with Gasteiger partial charge in [0.25, 0.3) is 0 Å². The molecular formula is C14H17FN2+2. The van der Waals surface area contributed by atoms with Gasteiger partial charge in [-0.05, 0) is 19.4 Å². The highest BCUT2D eigenvalue weighted by atomic mass is 19.1. The van der Waals surface area contributed by atoms with Gasteiger partial charge >= 0.3 is 0 Å². The molecule has 0 aliphatic heterocycles. The van der Waals surface area contributed by atoms with E-state index >= 15 is 0 Å². The molecule has 2 aromatic heterocycles. The van der Waals surface area contributed by atoms with Crippen LogP contribution in [-0.4, -0.2) is 0 Å². The lowest BCUT2D eigenvalue weighted by Crippen LogP contribution is -2.32. The summed E-state index contributed by atoms with van der Waals surface area (Å²) in [4.78, 5) is 0.